The number of urea groups is 1. The fourth-order valence-electron chi connectivity index (χ4n) is 3.85. The third-order valence-electron chi connectivity index (χ3n) is 6.17. The van der Waals surface area contributed by atoms with E-state index in [0.717, 1.165) is 44.1 Å². The number of anilines is 1. The van der Waals surface area contributed by atoms with Gasteiger partial charge < -0.3 is 20.7 Å². The Kier molecular flexibility index (Phi) is 8.67. The lowest BCUT2D eigenvalue weighted by molar-refractivity contribution is 0.186. The zero-order valence-corrected chi connectivity index (χ0v) is 21.5. The number of hydrogen-bond acceptors (Lipinski definition) is 6. The highest BCUT2D eigenvalue weighted by Gasteiger charge is 2.32. The number of nitrogens with one attached hydrogen (secondary N) is 1. The molecular weight excluding hydrogens is 475 g/mol. The number of fused-ring (bicyclic) bond motifs is 1. The second-order valence-corrected chi connectivity index (χ2v) is 10.1. The first-order chi connectivity index (χ1) is 16.1. The first-order valence-corrected chi connectivity index (χ1v) is 12.4. The summed E-state index contributed by atoms with van der Waals surface area (Å²) in [5.74, 6) is 0.0799. The van der Waals surface area contributed by atoms with Crippen LogP contribution in [0, 0.1) is 16.7 Å². The number of rotatable bonds is 9. The van der Waals surface area contributed by atoms with E-state index in [1.807, 2.05) is 13.8 Å². The van der Waals surface area contributed by atoms with Crippen LogP contribution >= 0.6 is 23.2 Å². The molecular formula is C24H32Cl2N6O2. The number of nitrogen functional groups attached to an aromatic ring is 1. The molecule has 0 atom stereocenters. The third kappa shape index (κ3) is 6.34. The van der Waals surface area contributed by atoms with Gasteiger partial charge in [-0.05, 0) is 70.9 Å². The van der Waals surface area contributed by atoms with Crippen molar-refractivity contribution in [3.63, 3.8) is 0 Å². The average molecular weight is 507 g/mol. The number of carbonyl (C=O) groups is 1. The number of aromatic nitrogens is 2. The summed E-state index contributed by atoms with van der Waals surface area (Å²) in [6, 6.07) is 2.41. The lowest BCUT2D eigenvalue weighted by atomic mass is 9.89. The van der Waals surface area contributed by atoms with Crippen LogP contribution in [0.15, 0.2) is 16.3 Å². The lowest BCUT2D eigenvalue weighted by Gasteiger charge is -2.28. The number of halogens is 2. The molecule has 0 spiro atoms. The summed E-state index contributed by atoms with van der Waals surface area (Å²) in [5.41, 5.74) is 7.96. The van der Waals surface area contributed by atoms with Crippen molar-refractivity contribution in [3.8, 4) is 6.07 Å². The van der Waals surface area contributed by atoms with Gasteiger partial charge >= 0.3 is 6.03 Å². The molecule has 10 heteroatoms. The molecule has 0 radical (unpaired) electrons. The number of amides is 2. The molecule has 1 fully saturated rings. The number of nitrogens with zero attached hydrogens (tertiary/aromatic N) is 4. The Hall–Kier alpha value is -2.50. The fraction of sp³-hybridized carbons (Fsp3) is 0.583. The quantitative estimate of drug-likeness (QED) is 0.262. The van der Waals surface area contributed by atoms with Crippen LogP contribution in [0.25, 0.3) is 5.57 Å². The molecule has 1 aromatic rings. The first kappa shape index (κ1) is 26.1. The van der Waals surface area contributed by atoms with E-state index in [9.17, 15) is 4.79 Å². The van der Waals surface area contributed by atoms with Gasteiger partial charge in [0.25, 0.3) is 0 Å². The smallest absolute Gasteiger partial charge is 0.318 e. The normalized spacial score (nSPS) is 16.9. The summed E-state index contributed by atoms with van der Waals surface area (Å²) in [6.45, 7) is 6.66. The number of nitriles is 1. The van der Waals surface area contributed by atoms with Gasteiger partial charge in [-0.15, -0.1) is 0 Å². The molecule has 2 heterocycles. The number of unbranched alkanes of at least 4 members (excludes halogenated alkanes) is 1. The van der Waals surface area contributed by atoms with E-state index < -0.39 is 0 Å². The molecule has 3 rings (SSSR count). The Morgan fingerprint density at radius 2 is 2.06 bits per heavy atom. The molecule has 1 saturated carbocycles. The second-order valence-electron chi connectivity index (χ2n) is 9.38. The topological polar surface area (TPSA) is 117 Å². The monoisotopic (exact) mass is 506 g/mol. The van der Waals surface area contributed by atoms with E-state index in [2.05, 4.69) is 21.4 Å². The predicted molar refractivity (Wildman–Crippen MR) is 133 cm³/mol. The molecule has 1 aliphatic carbocycles. The lowest BCUT2D eigenvalue weighted by Crippen LogP contribution is -2.45. The first-order valence-electron chi connectivity index (χ1n) is 11.6. The minimum atomic E-state index is -0.366. The zero-order valence-electron chi connectivity index (χ0n) is 20.0. The summed E-state index contributed by atoms with van der Waals surface area (Å²) in [7, 11) is 0. The molecule has 8 nitrogen and oxygen atoms in total. The molecule has 0 bridgehead atoms. The number of allylic oxidation sites excluding steroid dienone is 3. The summed E-state index contributed by atoms with van der Waals surface area (Å²) in [4.78, 5) is 23.2. The molecule has 2 aliphatic rings. The molecule has 184 valence electrons. The van der Waals surface area contributed by atoms with Crippen molar-refractivity contribution in [3.05, 3.63) is 33.3 Å². The average Bonchev–Trinajstić information content (AvgIpc) is 3.20. The van der Waals surface area contributed by atoms with Crippen molar-refractivity contribution in [2.24, 2.45) is 5.41 Å². The fourth-order valence-corrected chi connectivity index (χ4v) is 4.34. The van der Waals surface area contributed by atoms with Gasteiger partial charge in [-0.2, -0.15) is 5.26 Å². The maximum atomic E-state index is 12.7. The van der Waals surface area contributed by atoms with Crippen molar-refractivity contribution < 1.29 is 9.53 Å². The summed E-state index contributed by atoms with van der Waals surface area (Å²) in [5, 5.41) is 12.7. The van der Waals surface area contributed by atoms with Crippen molar-refractivity contribution in [2.75, 3.05) is 12.3 Å². The number of carbonyl (C=O) groups excluding carboxylic acids is 1. The van der Waals surface area contributed by atoms with Crippen LogP contribution in [0.4, 0.5) is 10.7 Å². The van der Waals surface area contributed by atoms with Gasteiger partial charge in [-0.3, -0.25) is 0 Å². The molecule has 2 amide bonds. The van der Waals surface area contributed by atoms with Crippen LogP contribution in [0.2, 0.25) is 0 Å². The van der Waals surface area contributed by atoms with Crippen molar-refractivity contribution in [1.29, 1.82) is 5.26 Å². The van der Waals surface area contributed by atoms with Gasteiger partial charge in [0.1, 0.15) is 0 Å². The van der Waals surface area contributed by atoms with Crippen LogP contribution < -0.4 is 11.1 Å². The molecule has 0 aromatic carbocycles. The van der Waals surface area contributed by atoms with Gasteiger partial charge in [0.05, 0.1) is 53.2 Å². The second kappa shape index (κ2) is 11.3. The van der Waals surface area contributed by atoms with Crippen molar-refractivity contribution >= 4 is 40.8 Å². The van der Waals surface area contributed by atoms with Crippen molar-refractivity contribution in [2.45, 2.75) is 78.4 Å². The molecule has 1 aliphatic heterocycles. The van der Waals surface area contributed by atoms with Gasteiger partial charge in [0, 0.05) is 11.6 Å². The standard InChI is InChI=1S/C24H32Cl2N6O2/c1-4-17(25)19(21(26)34-11-6-5-10-24(2,3)14-27)20-16-12-32(13-18(16)30-22(28)31-20)23(33)29-15-8-7-9-15/h4,15H,5-13H2,1-3H3,(H,29,33)(H2,28,30,31)/b17-4+,21-19-. The Morgan fingerprint density at radius 3 is 2.68 bits per heavy atom. The number of nitrogens with two attached hydrogens (primary N) is 1. The highest BCUT2D eigenvalue weighted by atomic mass is 35.5. The van der Waals surface area contributed by atoms with E-state index in [1.165, 1.54) is 0 Å². The molecule has 34 heavy (non-hydrogen) atoms. The third-order valence-corrected chi connectivity index (χ3v) is 6.88. The Labute approximate surface area is 211 Å². The molecule has 3 N–H and O–H groups in total. The van der Waals surface area contributed by atoms with Crippen LogP contribution in [0.5, 0.6) is 0 Å². The van der Waals surface area contributed by atoms with Crippen molar-refractivity contribution in [1.82, 2.24) is 20.2 Å². The van der Waals surface area contributed by atoms with Gasteiger partial charge in [-0.25, -0.2) is 14.8 Å². The van der Waals surface area contributed by atoms with Crippen LogP contribution in [-0.2, 0) is 17.8 Å². The number of hydrogen-bond donors (Lipinski definition) is 2. The van der Waals surface area contributed by atoms with E-state index >= 15 is 0 Å². The highest BCUT2D eigenvalue weighted by molar-refractivity contribution is 6.41. The molecule has 0 unspecified atom stereocenters. The van der Waals surface area contributed by atoms with E-state index in [-0.39, 0.29) is 28.7 Å². The van der Waals surface area contributed by atoms with Gasteiger partial charge in [0.15, 0.2) is 5.22 Å². The van der Waals surface area contributed by atoms with E-state index in [1.54, 1.807) is 17.9 Å². The van der Waals surface area contributed by atoms with Crippen LogP contribution in [0.1, 0.15) is 76.2 Å². The highest BCUT2D eigenvalue weighted by Crippen LogP contribution is 2.37. The van der Waals surface area contributed by atoms with Crippen LogP contribution in [0.3, 0.4) is 0 Å². The number of ether oxygens (including phenoxy) is 1. The summed E-state index contributed by atoms with van der Waals surface area (Å²) >= 11 is 13.1. The minimum Gasteiger partial charge on any atom is -0.482 e. The largest absolute Gasteiger partial charge is 0.482 e. The Bertz CT molecular complexity index is 1030. The van der Waals surface area contributed by atoms with E-state index in [0.29, 0.717) is 41.7 Å². The van der Waals surface area contributed by atoms with E-state index in [4.69, 9.17) is 38.9 Å². The maximum Gasteiger partial charge on any atom is 0.318 e. The zero-order chi connectivity index (χ0) is 24.9. The van der Waals surface area contributed by atoms with Gasteiger partial charge in [0.2, 0.25) is 5.95 Å². The van der Waals surface area contributed by atoms with Crippen LogP contribution in [-0.4, -0.2) is 33.5 Å². The Morgan fingerprint density at radius 1 is 1.32 bits per heavy atom. The van der Waals surface area contributed by atoms with Gasteiger partial charge in [-0.1, -0.05) is 17.7 Å². The SMILES string of the molecule is C/C=C(Cl)\C(=C(/Cl)OCCCCC(C)(C)C#N)c1nc(N)nc2c1CN(C(=O)NC1CCC1)C2. The minimum absolute atomic E-state index is 0.0799. The summed E-state index contributed by atoms with van der Waals surface area (Å²) in [6.07, 6.45) is 7.20. The summed E-state index contributed by atoms with van der Waals surface area (Å²) < 4.78 is 5.82. The maximum absolute atomic E-state index is 12.7. The molecule has 0 saturated heterocycles. The predicted octanol–water partition coefficient (Wildman–Crippen LogP) is 5.42. The molecule has 1 aromatic heterocycles. The Balaban J connectivity index is 1.78.